The molecule has 3 nitrogen and oxygen atoms in total. The molecule has 1 unspecified atom stereocenters. The van der Waals surface area contributed by atoms with E-state index in [9.17, 15) is 0 Å². The van der Waals surface area contributed by atoms with Crippen LogP contribution in [0.2, 0.25) is 0 Å². The Labute approximate surface area is 79.1 Å². The predicted molar refractivity (Wildman–Crippen MR) is 53.9 cm³/mol. The largest absolute Gasteiger partial charge is 0.383 e. The van der Waals surface area contributed by atoms with Crippen LogP contribution in [0.4, 0.5) is 5.69 Å². The molecule has 0 spiro atoms. The van der Waals surface area contributed by atoms with Gasteiger partial charge >= 0.3 is 0 Å². The van der Waals surface area contributed by atoms with Crippen molar-refractivity contribution in [3.05, 3.63) is 24.0 Å². The minimum absolute atomic E-state index is 0.313. The van der Waals surface area contributed by atoms with Gasteiger partial charge < -0.3 is 10.1 Å². The number of nitrogens with one attached hydrogen (secondary N) is 1. The van der Waals surface area contributed by atoms with E-state index in [4.69, 9.17) is 4.74 Å². The Morgan fingerprint density at radius 2 is 2.38 bits per heavy atom. The van der Waals surface area contributed by atoms with E-state index < -0.39 is 0 Å². The molecule has 1 atom stereocenters. The van der Waals surface area contributed by atoms with Gasteiger partial charge in [0.25, 0.3) is 0 Å². The van der Waals surface area contributed by atoms with Crippen molar-refractivity contribution < 1.29 is 4.74 Å². The van der Waals surface area contributed by atoms with Gasteiger partial charge in [0, 0.05) is 19.3 Å². The Morgan fingerprint density at radius 3 is 3.00 bits per heavy atom. The number of anilines is 1. The highest BCUT2D eigenvalue weighted by atomic mass is 16.5. The molecule has 13 heavy (non-hydrogen) atoms. The Hall–Kier alpha value is -1.09. The van der Waals surface area contributed by atoms with Gasteiger partial charge in [0.1, 0.15) is 0 Å². The second-order valence-corrected chi connectivity index (χ2v) is 3.14. The second-order valence-electron chi connectivity index (χ2n) is 3.14. The quantitative estimate of drug-likeness (QED) is 0.767. The molecule has 0 aliphatic rings. The first-order valence-electron chi connectivity index (χ1n) is 4.41. The van der Waals surface area contributed by atoms with Gasteiger partial charge in [-0.05, 0) is 26.0 Å². The zero-order valence-electron chi connectivity index (χ0n) is 8.37. The normalized spacial score (nSPS) is 12.5. The zero-order valence-corrected chi connectivity index (χ0v) is 8.37. The van der Waals surface area contributed by atoms with Crippen LogP contribution in [0, 0.1) is 6.92 Å². The molecular formula is C10H16N2O. The fraction of sp³-hybridized carbons (Fsp3) is 0.500. The molecule has 0 fully saturated rings. The summed E-state index contributed by atoms with van der Waals surface area (Å²) >= 11 is 0. The van der Waals surface area contributed by atoms with Crippen LogP contribution < -0.4 is 5.32 Å². The molecule has 0 aliphatic carbocycles. The molecule has 72 valence electrons. The Kier molecular flexibility index (Phi) is 3.71. The van der Waals surface area contributed by atoms with Gasteiger partial charge in [-0.2, -0.15) is 0 Å². The van der Waals surface area contributed by atoms with Crippen molar-refractivity contribution in [2.24, 2.45) is 0 Å². The molecule has 1 aromatic heterocycles. The SMILES string of the molecule is COCC(C)Nc1cccnc1C. The molecule has 1 aromatic rings. The van der Waals surface area contributed by atoms with E-state index >= 15 is 0 Å². The lowest BCUT2D eigenvalue weighted by molar-refractivity contribution is 0.190. The standard InChI is InChI=1S/C10H16N2O/c1-8(7-13-3)12-10-5-4-6-11-9(10)2/h4-6,8,12H,7H2,1-3H3. The zero-order chi connectivity index (χ0) is 9.68. The molecule has 0 amide bonds. The molecule has 1 N–H and O–H groups in total. The highest BCUT2D eigenvalue weighted by molar-refractivity contribution is 5.47. The first kappa shape index (κ1) is 9.99. The predicted octanol–water partition coefficient (Wildman–Crippen LogP) is 1.84. The van der Waals surface area contributed by atoms with Gasteiger partial charge in [0.05, 0.1) is 18.0 Å². The number of aromatic nitrogens is 1. The van der Waals surface area contributed by atoms with Gasteiger partial charge in [-0.1, -0.05) is 0 Å². The van der Waals surface area contributed by atoms with Gasteiger partial charge in [0.15, 0.2) is 0 Å². The van der Waals surface area contributed by atoms with Crippen LogP contribution in [0.3, 0.4) is 0 Å². The summed E-state index contributed by atoms with van der Waals surface area (Å²) in [6.07, 6.45) is 1.79. The highest BCUT2D eigenvalue weighted by Crippen LogP contribution is 2.11. The van der Waals surface area contributed by atoms with Crippen LogP contribution in [0.1, 0.15) is 12.6 Å². The van der Waals surface area contributed by atoms with E-state index in [1.54, 1.807) is 13.3 Å². The summed E-state index contributed by atoms with van der Waals surface area (Å²) < 4.78 is 5.03. The maximum Gasteiger partial charge on any atom is 0.0661 e. The van der Waals surface area contributed by atoms with E-state index in [-0.39, 0.29) is 0 Å². The molecule has 0 bridgehead atoms. The molecule has 0 aromatic carbocycles. The first-order valence-corrected chi connectivity index (χ1v) is 4.41. The minimum atomic E-state index is 0.313. The molecule has 0 aliphatic heterocycles. The molecule has 1 rings (SSSR count). The summed E-state index contributed by atoms with van der Waals surface area (Å²) in [6.45, 7) is 4.77. The number of aryl methyl sites for hydroxylation is 1. The highest BCUT2D eigenvalue weighted by Gasteiger charge is 2.02. The third-order valence-electron chi connectivity index (χ3n) is 1.83. The fourth-order valence-electron chi connectivity index (χ4n) is 1.19. The van der Waals surface area contributed by atoms with Gasteiger partial charge in [0.2, 0.25) is 0 Å². The summed E-state index contributed by atoms with van der Waals surface area (Å²) in [7, 11) is 1.70. The topological polar surface area (TPSA) is 34.1 Å². The van der Waals surface area contributed by atoms with E-state index in [1.807, 2.05) is 19.1 Å². The second kappa shape index (κ2) is 4.82. The number of nitrogens with zero attached hydrogens (tertiary/aromatic N) is 1. The number of pyridine rings is 1. The summed E-state index contributed by atoms with van der Waals surface area (Å²) in [5, 5.41) is 3.32. The van der Waals surface area contributed by atoms with Crippen molar-refractivity contribution in [2.75, 3.05) is 19.0 Å². The van der Waals surface area contributed by atoms with Gasteiger partial charge in [-0.15, -0.1) is 0 Å². The van der Waals surface area contributed by atoms with Crippen molar-refractivity contribution >= 4 is 5.69 Å². The van der Waals surface area contributed by atoms with Gasteiger partial charge in [-0.3, -0.25) is 4.98 Å². The smallest absolute Gasteiger partial charge is 0.0661 e. The van der Waals surface area contributed by atoms with Gasteiger partial charge in [-0.25, -0.2) is 0 Å². The van der Waals surface area contributed by atoms with Crippen LogP contribution in [-0.4, -0.2) is 24.7 Å². The molecule has 0 saturated heterocycles. The maximum absolute atomic E-state index is 5.03. The molecule has 1 heterocycles. The lowest BCUT2D eigenvalue weighted by Gasteiger charge is -2.15. The molecular weight excluding hydrogens is 164 g/mol. The minimum Gasteiger partial charge on any atom is -0.383 e. The molecule has 0 radical (unpaired) electrons. The number of hydrogen-bond donors (Lipinski definition) is 1. The number of rotatable bonds is 4. The maximum atomic E-state index is 5.03. The summed E-state index contributed by atoms with van der Waals surface area (Å²) in [5.41, 5.74) is 2.09. The van der Waals surface area contributed by atoms with Crippen molar-refractivity contribution in [2.45, 2.75) is 19.9 Å². The van der Waals surface area contributed by atoms with Crippen LogP contribution in [-0.2, 0) is 4.74 Å². The molecule has 3 heteroatoms. The Balaban J connectivity index is 2.58. The third kappa shape index (κ3) is 3.03. The fourth-order valence-corrected chi connectivity index (χ4v) is 1.19. The third-order valence-corrected chi connectivity index (χ3v) is 1.83. The van der Waals surface area contributed by atoms with Crippen molar-refractivity contribution in [3.8, 4) is 0 Å². The average Bonchev–Trinajstić information content (AvgIpc) is 2.09. The summed E-state index contributed by atoms with van der Waals surface area (Å²) in [5.74, 6) is 0. The van der Waals surface area contributed by atoms with E-state index in [2.05, 4.69) is 17.2 Å². The van der Waals surface area contributed by atoms with Crippen LogP contribution in [0.5, 0.6) is 0 Å². The lowest BCUT2D eigenvalue weighted by Crippen LogP contribution is -2.21. The summed E-state index contributed by atoms with van der Waals surface area (Å²) in [6, 6.07) is 4.26. The van der Waals surface area contributed by atoms with E-state index in [0.717, 1.165) is 11.4 Å². The number of hydrogen-bond acceptors (Lipinski definition) is 3. The number of ether oxygens (including phenoxy) is 1. The van der Waals surface area contributed by atoms with Crippen molar-refractivity contribution in [3.63, 3.8) is 0 Å². The summed E-state index contributed by atoms with van der Waals surface area (Å²) in [4.78, 5) is 4.19. The van der Waals surface area contributed by atoms with Crippen LogP contribution in [0.15, 0.2) is 18.3 Å². The first-order chi connectivity index (χ1) is 6.24. The Morgan fingerprint density at radius 1 is 1.62 bits per heavy atom. The number of methoxy groups -OCH3 is 1. The van der Waals surface area contributed by atoms with Crippen molar-refractivity contribution in [1.82, 2.24) is 4.98 Å². The monoisotopic (exact) mass is 180 g/mol. The average molecular weight is 180 g/mol. The van der Waals surface area contributed by atoms with Crippen LogP contribution >= 0.6 is 0 Å². The molecule has 0 saturated carbocycles. The van der Waals surface area contributed by atoms with Crippen molar-refractivity contribution in [1.29, 1.82) is 0 Å². The van der Waals surface area contributed by atoms with E-state index in [1.165, 1.54) is 0 Å². The lowest BCUT2D eigenvalue weighted by atomic mass is 10.2. The van der Waals surface area contributed by atoms with Crippen LogP contribution in [0.25, 0.3) is 0 Å². The Bertz CT molecular complexity index is 263. The van der Waals surface area contributed by atoms with E-state index in [0.29, 0.717) is 12.6 Å².